The zero-order valence-corrected chi connectivity index (χ0v) is 13.7. The molecule has 2 heterocycles. The van der Waals surface area contributed by atoms with Crippen LogP contribution in [0.2, 0.25) is 0 Å². The number of aliphatic hydroxyl groups is 1. The quantitative estimate of drug-likeness (QED) is 0.838. The fourth-order valence-corrected chi connectivity index (χ4v) is 3.69. The van der Waals surface area contributed by atoms with Crippen molar-refractivity contribution in [3.8, 4) is 0 Å². The number of furan rings is 1. The molecule has 22 heavy (non-hydrogen) atoms. The van der Waals surface area contributed by atoms with Crippen molar-refractivity contribution in [2.45, 2.75) is 58.6 Å². The van der Waals surface area contributed by atoms with Crippen molar-refractivity contribution < 1.29 is 14.3 Å². The van der Waals surface area contributed by atoms with Crippen molar-refractivity contribution in [3.05, 3.63) is 23.2 Å². The zero-order valence-electron chi connectivity index (χ0n) is 13.7. The van der Waals surface area contributed by atoms with Gasteiger partial charge in [-0.25, -0.2) is 4.79 Å². The highest BCUT2D eigenvalue weighted by Gasteiger charge is 2.36. The van der Waals surface area contributed by atoms with E-state index in [1.54, 1.807) is 4.90 Å². The highest BCUT2D eigenvalue weighted by molar-refractivity contribution is 5.75. The summed E-state index contributed by atoms with van der Waals surface area (Å²) in [6.45, 7) is 7.51. The molecule has 0 aromatic carbocycles. The molecule has 0 radical (unpaired) electrons. The van der Waals surface area contributed by atoms with Gasteiger partial charge in [0.25, 0.3) is 0 Å². The Morgan fingerprint density at radius 2 is 2.27 bits per heavy atom. The van der Waals surface area contributed by atoms with E-state index in [9.17, 15) is 9.90 Å². The number of rotatable bonds is 1. The van der Waals surface area contributed by atoms with E-state index in [0.717, 1.165) is 49.3 Å². The third kappa shape index (κ3) is 3.14. The van der Waals surface area contributed by atoms with Crippen LogP contribution < -0.4 is 5.32 Å². The standard InChI is InChI=1S/C17H26N2O3/c1-11-7-13-14(8-17(2,3)9-15(13)22-11)18-16(21)19-6-4-5-12(20)10-19/h7,12,14,20H,4-6,8-10H2,1-3H3,(H,18,21). The molecule has 2 atom stereocenters. The van der Waals surface area contributed by atoms with Crippen LogP contribution in [-0.2, 0) is 6.42 Å². The van der Waals surface area contributed by atoms with Crippen LogP contribution in [0.1, 0.15) is 56.2 Å². The van der Waals surface area contributed by atoms with E-state index in [4.69, 9.17) is 4.42 Å². The lowest BCUT2D eigenvalue weighted by Gasteiger charge is -2.37. The average molecular weight is 306 g/mol. The molecule has 1 aromatic heterocycles. The second-order valence-corrected chi connectivity index (χ2v) is 7.52. The van der Waals surface area contributed by atoms with Crippen LogP contribution in [-0.4, -0.2) is 35.2 Å². The Balaban J connectivity index is 1.75. The lowest BCUT2D eigenvalue weighted by Crippen LogP contribution is -2.49. The summed E-state index contributed by atoms with van der Waals surface area (Å²) in [4.78, 5) is 14.2. The van der Waals surface area contributed by atoms with Gasteiger partial charge in [-0.1, -0.05) is 13.8 Å². The lowest BCUT2D eigenvalue weighted by atomic mass is 9.75. The number of β-amino-alcohol motifs (C(OH)–C–C–N with tert-alkyl or cyclic N) is 1. The molecule has 1 aromatic rings. The van der Waals surface area contributed by atoms with Crippen molar-refractivity contribution in [2.24, 2.45) is 5.41 Å². The molecule has 1 fully saturated rings. The number of nitrogens with one attached hydrogen (secondary N) is 1. The highest BCUT2D eigenvalue weighted by atomic mass is 16.3. The number of urea groups is 1. The maximum atomic E-state index is 12.5. The number of hydrogen-bond donors (Lipinski definition) is 2. The zero-order chi connectivity index (χ0) is 15.9. The van der Waals surface area contributed by atoms with Gasteiger partial charge in [-0.15, -0.1) is 0 Å². The predicted molar refractivity (Wildman–Crippen MR) is 83.6 cm³/mol. The summed E-state index contributed by atoms with van der Waals surface area (Å²) in [6, 6.07) is 1.95. The van der Waals surface area contributed by atoms with Gasteiger partial charge in [0.1, 0.15) is 11.5 Å². The number of piperidine rings is 1. The van der Waals surface area contributed by atoms with Crippen LogP contribution in [0, 0.1) is 12.3 Å². The summed E-state index contributed by atoms with van der Waals surface area (Å²) in [5, 5.41) is 12.9. The first-order valence-electron chi connectivity index (χ1n) is 8.17. The number of fused-ring (bicyclic) bond motifs is 1. The van der Waals surface area contributed by atoms with E-state index in [2.05, 4.69) is 19.2 Å². The first-order valence-corrected chi connectivity index (χ1v) is 8.17. The first kappa shape index (κ1) is 15.4. The van der Waals surface area contributed by atoms with Crippen LogP contribution in [0.15, 0.2) is 10.5 Å². The number of aryl methyl sites for hydroxylation is 1. The number of carbonyl (C=O) groups excluding carboxylic acids is 1. The Bertz CT molecular complexity index is 564. The molecule has 0 bridgehead atoms. The highest BCUT2D eigenvalue weighted by Crippen LogP contribution is 2.42. The molecule has 2 aliphatic rings. The Morgan fingerprint density at radius 1 is 1.50 bits per heavy atom. The predicted octanol–water partition coefficient (Wildman–Crippen LogP) is 2.77. The van der Waals surface area contributed by atoms with Crippen molar-refractivity contribution >= 4 is 6.03 Å². The minimum atomic E-state index is -0.394. The normalized spacial score (nSPS) is 27.4. The summed E-state index contributed by atoms with van der Waals surface area (Å²) in [7, 11) is 0. The topological polar surface area (TPSA) is 65.7 Å². The fraction of sp³-hybridized carbons (Fsp3) is 0.706. The molecule has 122 valence electrons. The second kappa shape index (κ2) is 5.61. The summed E-state index contributed by atoms with van der Waals surface area (Å²) in [5.41, 5.74) is 1.22. The molecule has 1 aliphatic carbocycles. The molecule has 2 N–H and O–H groups in total. The van der Waals surface area contributed by atoms with E-state index < -0.39 is 6.10 Å². The van der Waals surface area contributed by atoms with Gasteiger partial charge in [0.05, 0.1) is 12.1 Å². The van der Waals surface area contributed by atoms with Crippen molar-refractivity contribution in [3.63, 3.8) is 0 Å². The number of carbonyl (C=O) groups is 1. The number of nitrogens with zero attached hydrogens (tertiary/aromatic N) is 1. The van der Waals surface area contributed by atoms with Gasteiger partial charge >= 0.3 is 6.03 Å². The maximum Gasteiger partial charge on any atom is 0.317 e. The molecule has 1 saturated heterocycles. The Morgan fingerprint density at radius 3 is 3.00 bits per heavy atom. The fourth-order valence-electron chi connectivity index (χ4n) is 3.69. The van der Waals surface area contributed by atoms with Gasteiger partial charge in [-0.2, -0.15) is 0 Å². The van der Waals surface area contributed by atoms with Crippen LogP contribution in [0.25, 0.3) is 0 Å². The summed E-state index contributed by atoms with van der Waals surface area (Å²) < 4.78 is 5.81. The Labute approximate surface area is 131 Å². The number of hydrogen-bond acceptors (Lipinski definition) is 3. The van der Waals surface area contributed by atoms with Crippen LogP contribution >= 0.6 is 0 Å². The van der Waals surface area contributed by atoms with Gasteiger partial charge in [-0.05, 0) is 37.7 Å². The van der Waals surface area contributed by atoms with E-state index in [1.807, 2.05) is 13.0 Å². The molecule has 3 rings (SSSR count). The Kier molecular flexibility index (Phi) is 3.93. The van der Waals surface area contributed by atoms with Crippen LogP contribution in [0.5, 0.6) is 0 Å². The van der Waals surface area contributed by atoms with Gasteiger partial charge in [-0.3, -0.25) is 0 Å². The van der Waals surface area contributed by atoms with Crippen molar-refractivity contribution in [2.75, 3.05) is 13.1 Å². The molecule has 5 heteroatoms. The third-order valence-corrected chi connectivity index (χ3v) is 4.72. The maximum absolute atomic E-state index is 12.5. The second-order valence-electron chi connectivity index (χ2n) is 7.52. The minimum Gasteiger partial charge on any atom is -0.466 e. The minimum absolute atomic E-state index is 0.0113. The molecular weight excluding hydrogens is 280 g/mol. The number of aliphatic hydroxyl groups excluding tert-OH is 1. The number of amides is 2. The molecular formula is C17H26N2O3. The van der Waals surface area contributed by atoms with Gasteiger partial charge in [0.15, 0.2) is 0 Å². The molecule has 5 nitrogen and oxygen atoms in total. The molecule has 2 unspecified atom stereocenters. The van der Waals surface area contributed by atoms with Gasteiger partial charge in [0, 0.05) is 25.1 Å². The SMILES string of the molecule is Cc1cc2c(o1)CC(C)(C)CC2NC(=O)N1CCCC(O)C1. The average Bonchev–Trinajstić information content (AvgIpc) is 2.77. The van der Waals surface area contributed by atoms with Gasteiger partial charge < -0.3 is 19.7 Å². The largest absolute Gasteiger partial charge is 0.466 e. The number of likely N-dealkylation sites (tertiary alicyclic amines) is 1. The van der Waals surface area contributed by atoms with E-state index in [-0.39, 0.29) is 17.5 Å². The monoisotopic (exact) mass is 306 g/mol. The van der Waals surface area contributed by atoms with Crippen molar-refractivity contribution in [1.82, 2.24) is 10.2 Å². The third-order valence-electron chi connectivity index (χ3n) is 4.72. The first-order chi connectivity index (χ1) is 10.3. The summed E-state index contributed by atoms with van der Waals surface area (Å²) in [6.07, 6.45) is 3.06. The smallest absolute Gasteiger partial charge is 0.317 e. The lowest BCUT2D eigenvalue weighted by molar-refractivity contribution is 0.0821. The Hall–Kier alpha value is -1.49. The van der Waals surface area contributed by atoms with Gasteiger partial charge in [0.2, 0.25) is 0 Å². The molecule has 2 amide bonds. The van der Waals surface area contributed by atoms with E-state index in [0.29, 0.717) is 6.54 Å². The summed E-state index contributed by atoms with van der Waals surface area (Å²) in [5.74, 6) is 1.90. The van der Waals surface area contributed by atoms with E-state index in [1.165, 1.54) is 0 Å². The van der Waals surface area contributed by atoms with Crippen molar-refractivity contribution in [1.29, 1.82) is 0 Å². The molecule has 0 saturated carbocycles. The molecule has 0 spiro atoms. The van der Waals surface area contributed by atoms with Crippen LogP contribution in [0.3, 0.4) is 0 Å². The summed E-state index contributed by atoms with van der Waals surface area (Å²) >= 11 is 0. The molecule has 1 aliphatic heterocycles. The van der Waals surface area contributed by atoms with Crippen LogP contribution in [0.4, 0.5) is 4.79 Å². The van der Waals surface area contributed by atoms with E-state index >= 15 is 0 Å².